The molecule has 0 unspecified atom stereocenters. The van der Waals surface area contributed by atoms with Crippen molar-refractivity contribution in [3.8, 4) is 0 Å². The van der Waals surface area contributed by atoms with Crippen molar-refractivity contribution in [3.63, 3.8) is 0 Å². The molecule has 0 fully saturated rings. The zero-order chi connectivity index (χ0) is 8.53. The van der Waals surface area contributed by atoms with Crippen LogP contribution in [0.4, 0.5) is 0 Å². The van der Waals surface area contributed by atoms with Crippen LogP contribution in [0.5, 0.6) is 0 Å². The summed E-state index contributed by atoms with van der Waals surface area (Å²) in [6.07, 6.45) is 9.33. The summed E-state index contributed by atoms with van der Waals surface area (Å²) < 4.78 is 0. The minimum absolute atomic E-state index is 0.426. The molecule has 0 rings (SSSR count). The molecule has 0 nitrogen and oxygen atoms in total. The van der Waals surface area contributed by atoms with Gasteiger partial charge >= 0.3 is 91.0 Å². The van der Waals surface area contributed by atoms with E-state index in [9.17, 15) is 0 Å². The minimum atomic E-state index is 0.426. The maximum atomic E-state index is 2.31. The summed E-state index contributed by atoms with van der Waals surface area (Å²) in [7, 11) is 0. The number of rotatable bonds is 7. The first kappa shape index (κ1) is 12.2. The Labute approximate surface area is 90.5 Å². The van der Waals surface area contributed by atoms with E-state index in [1.54, 1.807) is 39.9 Å². The van der Waals surface area contributed by atoms with Crippen LogP contribution in [0.15, 0.2) is 0 Å². The van der Waals surface area contributed by atoms with Gasteiger partial charge in [0.1, 0.15) is 0 Å². The van der Waals surface area contributed by atoms with Gasteiger partial charge in [-0.15, -0.1) is 0 Å². The molecule has 0 aromatic rings. The van der Waals surface area contributed by atoms with Gasteiger partial charge in [-0.05, 0) is 0 Å². The van der Waals surface area contributed by atoms with E-state index in [1.807, 2.05) is 0 Å². The molecule has 0 saturated heterocycles. The maximum absolute atomic E-state index is 2.31. The van der Waals surface area contributed by atoms with Gasteiger partial charge in [0.25, 0.3) is 0 Å². The van der Waals surface area contributed by atoms with Crippen molar-refractivity contribution >= 4 is 33.1 Å². The zero-order valence-corrected chi connectivity index (χ0v) is 11.9. The summed E-state index contributed by atoms with van der Waals surface area (Å²) in [5.41, 5.74) is 1.22. The van der Waals surface area contributed by atoms with Gasteiger partial charge in [0, 0.05) is 0 Å². The van der Waals surface area contributed by atoms with Crippen LogP contribution in [0.25, 0.3) is 0 Å². The quantitative estimate of drug-likeness (QED) is 0.528. The van der Waals surface area contributed by atoms with E-state index in [1.165, 1.54) is 31.2 Å². The van der Waals surface area contributed by atoms with Crippen LogP contribution >= 0.6 is 0 Å². The standard InChI is InChI=1S/C9H21Si.Na/c1-3-5-7-9(10)8-6-4-2;/h9H,3-8,10H2,1-2H3;. The second-order valence-corrected chi connectivity index (χ2v) is 7.98. The fourth-order valence-electron chi connectivity index (χ4n) is 1.54. The molecule has 0 saturated carbocycles. The monoisotopic (exact) mass is 180 g/mol. The van der Waals surface area contributed by atoms with E-state index >= 15 is 0 Å². The third-order valence-corrected chi connectivity index (χ3v) is 7.94. The van der Waals surface area contributed by atoms with Gasteiger partial charge in [-0.3, -0.25) is 0 Å². The molecule has 0 heterocycles. The molecule has 11 heavy (non-hydrogen) atoms. The topological polar surface area (TPSA) is 0 Å². The Bertz CT molecular complexity index is 68.0. The predicted octanol–water partition coefficient (Wildman–Crippen LogP) is 2.41. The molecule has 0 N–H and O–H groups in total. The first-order valence-electron chi connectivity index (χ1n) is 5.35. The summed E-state index contributed by atoms with van der Waals surface area (Å²) in [5, 5.41) is 0. The third-order valence-electron chi connectivity index (χ3n) is 2.51. The van der Waals surface area contributed by atoms with Crippen molar-refractivity contribution in [3.05, 3.63) is 0 Å². The van der Waals surface area contributed by atoms with E-state index in [4.69, 9.17) is 0 Å². The molecule has 0 aromatic heterocycles. The fourth-order valence-corrected chi connectivity index (χ4v) is 5.38. The molecular weight excluding hydrogens is 159 g/mol. The average Bonchev–Trinajstić information content (AvgIpc) is 2.05. The van der Waals surface area contributed by atoms with Gasteiger partial charge in [-0.1, -0.05) is 0 Å². The molecule has 0 aromatic carbocycles. The summed E-state index contributed by atoms with van der Waals surface area (Å²) >= 11 is 1.54. The van der Waals surface area contributed by atoms with Crippen LogP contribution in [0.3, 0.4) is 0 Å². The molecule has 0 amide bonds. The molecule has 2 heteroatoms. The predicted molar refractivity (Wildman–Crippen MR) is 57.1 cm³/mol. The number of unbranched alkanes of at least 4 members (excludes halogenated alkanes) is 2. The normalized spacial score (nSPS) is 12.1. The molecule has 0 bridgehead atoms. The molecule has 62 valence electrons. The first-order valence-corrected chi connectivity index (χ1v) is 11.8. The van der Waals surface area contributed by atoms with Crippen molar-refractivity contribution in [2.75, 3.05) is 0 Å². The van der Waals surface area contributed by atoms with Gasteiger partial charge in [0.15, 0.2) is 0 Å². The van der Waals surface area contributed by atoms with Crippen LogP contribution in [0.1, 0.15) is 52.4 Å². The Morgan fingerprint density at radius 2 is 1.55 bits per heavy atom. The van der Waals surface area contributed by atoms with Gasteiger partial charge in [0.05, 0.1) is 0 Å². The Morgan fingerprint density at radius 3 is 1.82 bits per heavy atom. The molecule has 0 atom stereocenters. The van der Waals surface area contributed by atoms with E-state index in [-0.39, 0.29) is 0 Å². The van der Waals surface area contributed by atoms with Gasteiger partial charge in [0.2, 0.25) is 0 Å². The number of hydrogen-bond acceptors (Lipinski definition) is 0. The second kappa shape index (κ2) is 9.31. The summed E-state index contributed by atoms with van der Waals surface area (Å²) in [5.74, 6) is 0. The van der Waals surface area contributed by atoms with Crippen LogP contribution in [-0.2, 0) is 0 Å². The molecule has 0 aliphatic carbocycles. The van der Waals surface area contributed by atoms with Crippen molar-refractivity contribution < 1.29 is 0 Å². The SMILES string of the molecule is CCCCC(CCCC)[SiH2][Na]. The van der Waals surface area contributed by atoms with Gasteiger partial charge in [-0.2, -0.15) is 0 Å². The second-order valence-electron chi connectivity index (χ2n) is 3.56. The summed E-state index contributed by atoms with van der Waals surface area (Å²) in [4.78, 5) is 0. The van der Waals surface area contributed by atoms with Crippen molar-refractivity contribution in [1.29, 1.82) is 0 Å². The Balaban J connectivity index is 3.25. The van der Waals surface area contributed by atoms with Crippen LogP contribution < -0.4 is 0 Å². The molecule has 0 radical (unpaired) electrons. The van der Waals surface area contributed by atoms with Crippen LogP contribution in [0, 0.1) is 0 Å². The number of hydrogen-bond donors (Lipinski definition) is 0. The Kier molecular flexibility index (Phi) is 10.3. The van der Waals surface area contributed by atoms with Gasteiger partial charge in [-0.25, -0.2) is 0 Å². The van der Waals surface area contributed by atoms with Crippen molar-refractivity contribution in [2.24, 2.45) is 0 Å². The molecular formula is C9H21NaSi. The van der Waals surface area contributed by atoms with Crippen molar-refractivity contribution in [1.82, 2.24) is 0 Å². The summed E-state index contributed by atoms with van der Waals surface area (Å²) in [6, 6.07) is 0. The van der Waals surface area contributed by atoms with Crippen LogP contribution in [0.2, 0.25) is 5.54 Å². The third kappa shape index (κ3) is 7.57. The van der Waals surface area contributed by atoms with Crippen molar-refractivity contribution in [2.45, 2.75) is 57.9 Å². The van der Waals surface area contributed by atoms with Gasteiger partial charge < -0.3 is 0 Å². The fraction of sp³-hybridized carbons (Fsp3) is 1.00. The zero-order valence-electron chi connectivity index (χ0n) is 8.53. The molecule has 0 aliphatic rings. The first-order chi connectivity index (χ1) is 5.35. The Hall–Kier alpha value is 1.22. The molecule has 0 aliphatic heterocycles. The molecule has 0 spiro atoms. The Morgan fingerprint density at radius 1 is 1.09 bits per heavy atom. The van der Waals surface area contributed by atoms with Crippen LogP contribution in [-0.4, -0.2) is 33.1 Å². The summed E-state index contributed by atoms with van der Waals surface area (Å²) in [6.45, 7) is 4.62. The van der Waals surface area contributed by atoms with E-state index in [0.29, 0.717) is 6.08 Å². The van der Waals surface area contributed by atoms with E-state index in [0.717, 1.165) is 0 Å². The van der Waals surface area contributed by atoms with E-state index < -0.39 is 0 Å². The average molecular weight is 180 g/mol. The van der Waals surface area contributed by atoms with E-state index in [2.05, 4.69) is 13.8 Å².